The molecule has 1 aliphatic heterocycles. The van der Waals surface area contributed by atoms with E-state index in [4.69, 9.17) is 5.26 Å². The van der Waals surface area contributed by atoms with E-state index in [1.54, 1.807) is 0 Å². The second kappa shape index (κ2) is 5.51. The van der Waals surface area contributed by atoms with Crippen LogP contribution >= 0.6 is 0 Å². The molecule has 0 saturated carbocycles. The van der Waals surface area contributed by atoms with Gasteiger partial charge in [-0.3, -0.25) is 0 Å². The minimum Gasteiger partial charge on any atom is -0.303 e. The first-order valence-corrected chi connectivity index (χ1v) is 6.19. The molecule has 0 amide bonds. The zero-order valence-corrected chi connectivity index (χ0v) is 10.4. The van der Waals surface area contributed by atoms with Gasteiger partial charge in [0.25, 0.3) is 0 Å². The lowest BCUT2D eigenvalue weighted by molar-refractivity contribution is 0.153. The van der Waals surface area contributed by atoms with Crippen molar-refractivity contribution in [2.24, 2.45) is 11.3 Å². The molecule has 15 heavy (non-hydrogen) atoms. The van der Waals surface area contributed by atoms with Crippen molar-refractivity contribution < 1.29 is 0 Å². The second-order valence-electron chi connectivity index (χ2n) is 5.55. The van der Waals surface area contributed by atoms with Crippen LogP contribution in [0.25, 0.3) is 0 Å². The Bertz CT molecular complexity index is 219. The van der Waals surface area contributed by atoms with Gasteiger partial charge in [0.15, 0.2) is 0 Å². The molecule has 1 fully saturated rings. The smallest absolute Gasteiger partial charge is 0.0687 e. The highest BCUT2D eigenvalue weighted by atomic mass is 15.1. The van der Waals surface area contributed by atoms with Crippen molar-refractivity contribution in [3.8, 4) is 6.07 Å². The van der Waals surface area contributed by atoms with E-state index in [0.717, 1.165) is 31.8 Å². The van der Waals surface area contributed by atoms with Crippen molar-refractivity contribution in [2.75, 3.05) is 19.6 Å². The average Bonchev–Trinajstić information content (AvgIpc) is 2.21. The maximum absolute atomic E-state index is 9.02. The summed E-state index contributed by atoms with van der Waals surface area (Å²) in [5, 5.41) is 9.02. The quantitative estimate of drug-likeness (QED) is 0.710. The molecule has 0 aromatic heterocycles. The summed E-state index contributed by atoms with van der Waals surface area (Å²) in [5.74, 6) is 0.819. The number of hydrogen-bond acceptors (Lipinski definition) is 2. The summed E-state index contributed by atoms with van der Waals surface area (Å²) >= 11 is 0. The van der Waals surface area contributed by atoms with Crippen molar-refractivity contribution >= 4 is 0 Å². The molecule has 0 aromatic carbocycles. The van der Waals surface area contributed by atoms with Crippen molar-refractivity contribution in [2.45, 2.75) is 46.5 Å². The Hall–Kier alpha value is -0.550. The minimum absolute atomic E-state index is 0.0471. The van der Waals surface area contributed by atoms with E-state index in [2.05, 4.69) is 31.7 Å². The summed E-state index contributed by atoms with van der Waals surface area (Å²) in [5.41, 5.74) is -0.0471. The molecule has 0 N–H and O–H groups in total. The molecule has 2 heteroatoms. The number of nitrogens with zero attached hydrogens (tertiary/aromatic N) is 2. The van der Waals surface area contributed by atoms with E-state index in [1.807, 2.05) is 0 Å². The SMILES string of the molecule is CC(C)CCCN1CCC(C)(C#N)CC1. The van der Waals surface area contributed by atoms with E-state index in [9.17, 15) is 0 Å². The van der Waals surface area contributed by atoms with Crippen molar-refractivity contribution in [3.63, 3.8) is 0 Å². The Morgan fingerprint density at radius 2 is 1.93 bits per heavy atom. The van der Waals surface area contributed by atoms with E-state index < -0.39 is 0 Å². The second-order valence-corrected chi connectivity index (χ2v) is 5.55. The van der Waals surface area contributed by atoms with Crippen LogP contribution in [0.3, 0.4) is 0 Å². The molecule has 1 heterocycles. The Balaban J connectivity index is 2.18. The molecule has 0 aromatic rings. The van der Waals surface area contributed by atoms with E-state index in [0.29, 0.717) is 0 Å². The molecule has 0 spiro atoms. The fourth-order valence-electron chi connectivity index (χ4n) is 2.11. The van der Waals surface area contributed by atoms with Gasteiger partial charge in [-0.15, -0.1) is 0 Å². The van der Waals surface area contributed by atoms with Crippen LogP contribution < -0.4 is 0 Å². The molecule has 0 unspecified atom stereocenters. The monoisotopic (exact) mass is 208 g/mol. The van der Waals surface area contributed by atoms with Crippen molar-refractivity contribution in [1.29, 1.82) is 5.26 Å². The molecule has 0 atom stereocenters. The summed E-state index contributed by atoms with van der Waals surface area (Å²) in [4.78, 5) is 2.52. The third-order valence-corrected chi connectivity index (χ3v) is 3.49. The molecule has 1 aliphatic rings. The largest absolute Gasteiger partial charge is 0.303 e. The molecule has 0 radical (unpaired) electrons. The van der Waals surface area contributed by atoms with Crippen LogP contribution in [-0.4, -0.2) is 24.5 Å². The van der Waals surface area contributed by atoms with Crippen LogP contribution in [0, 0.1) is 22.7 Å². The number of rotatable bonds is 4. The van der Waals surface area contributed by atoms with Gasteiger partial charge in [0, 0.05) is 0 Å². The highest BCUT2D eigenvalue weighted by Gasteiger charge is 2.29. The lowest BCUT2D eigenvalue weighted by atomic mass is 9.82. The van der Waals surface area contributed by atoms with Crippen LogP contribution in [0.1, 0.15) is 46.5 Å². The van der Waals surface area contributed by atoms with Crippen molar-refractivity contribution in [3.05, 3.63) is 0 Å². The maximum Gasteiger partial charge on any atom is 0.0687 e. The normalized spacial score (nSPS) is 21.5. The lowest BCUT2D eigenvalue weighted by Crippen LogP contribution is -2.38. The summed E-state index contributed by atoms with van der Waals surface area (Å²) in [7, 11) is 0. The van der Waals surface area contributed by atoms with Crippen LogP contribution in [0.15, 0.2) is 0 Å². The van der Waals surface area contributed by atoms with Gasteiger partial charge in [-0.05, 0) is 58.2 Å². The van der Waals surface area contributed by atoms with Gasteiger partial charge in [0.2, 0.25) is 0 Å². The number of nitriles is 1. The summed E-state index contributed by atoms with van der Waals surface area (Å²) in [6, 6.07) is 2.45. The summed E-state index contributed by atoms with van der Waals surface area (Å²) in [6.07, 6.45) is 4.73. The predicted molar refractivity (Wildman–Crippen MR) is 63.5 cm³/mol. The third-order valence-electron chi connectivity index (χ3n) is 3.49. The Morgan fingerprint density at radius 3 is 2.40 bits per heavy atom. The Kier molecular flexibility index (Phi) is 4.60. The van der Waals surface area contributed by atoms with Crippen LogP contribution in [0.4, 0.5) is 0 Å². The Morgan fingerprint density at radius 1 is 1.33 bits per heavy atom. The molecule has 0 bridgehead atoms. The number of likely N-dealkylation sites (tertiary alicyclic amines) is 1. The fourth-order valence-corrected chi connectivity index (χ4v) is 2.11. The van der Waals surface area contributed by atoms with E-state index in [1.165, 1.54) is 19.4 Å². The van der Waals surface area contributed by atoms with Gasteiger partial charge in [-0.1, -0.05) is 13.8 Å². The first-order valence-electron chi connectivity index (χ1n) is 6.19. The van der Waals surface area contributed by atoms with Crippen molar-refractivity contribution in [1.82, 2.24) is 4.90 Å². The standard InChI is InChI=1S/C13H24N2/c1-12(2)5-4-8-15-9-6-13(3,11-14)7-10-15/h12H,4-10H2,1-3H3. The highest BCUT2D eigenvalue weighted by molar-refractivity contribution is 4.98. The molecule has 1 rings (SSSR count). The van der Waals surface area contributed by atoms with Gasteiger partial charge in [0.05, 0.1) is 11.5 Å². The molecule has 1 saturated heterocycles. The molecule has 86 valence electrons. The minimum atomic E-state index is -0.0471. The Labute approximate surface area is 94.3 Å². The summed E-state index contributed by atoms with van der Waals surface area (Å²) < 4.78 is 0. The van der Waals surface area contributed by atoms with E-state index >= 15 is 0 Å². The average molecular weight is 208 g/mol. The third kappa shape index (κ3) is 4.22. The molecule has 0 aliphatic carbocycles. The number of piperidine rings is 1. The molecular weight excluding hydrogens is 184 g/mol. The topological polar surface area (TPSA) is 27.0 Å². The fraction of sp³-hybridized carbons (Fsp3) is 0.923. The van der Waals surface area contributed by atoms with Gasteiger partial charge in [0.1, 0.15) is 0 Å². The van der Waals surface area contributed by atoms with Crippen LogP contribution in [0.5, 0.6) is 0 Å². The van der Waals surface area contributed by atoms with Crippen LogP contribution in [-0.2, 0) is 0 Å². The zero-order valence-electron chi connectivity index (χ0n) is 10.4. The van der Waals surface area contributed by atoms with Gasteiger partial charge in [-0.25, -0.2) is 0 Å². The van der Waals surface area contributed by atoms with Gasteiger partial charge in [-0.2, -0.15) is 5.26 Å². The molecule has 2 nitrogen and oxygen atoms in total. The highest BCUT2D eigenvalue weighted by Crippen LogP contribution is 2.29. The molecular formula is C13H24N2. The van der Waals surface area contributed by atoms with Gasteiger partial charge < -0.3 is 4.90 Å². The zero-order chi connectivity index (χ0) is 11.3. The first kappa shape index (κ1) is 12.5. The van der Waals surface area contributed by atoms with E-state index in [-0.39, 0.29) is 5.41 Å². The number of hydrogen-bond donors (Lipinski definition) is 0. The predicted octanol–water partition coefficient (Wildman–Crippen LogP) is 3.05. The van der Waals surface area contributed by atoms with Gasteiger partial charge >= 0.3 is 0 Å². The summed E-state index contributed by atoms with van der Waals surface area (Å²) in [6.45, 7) is 10.1. The van der Waals surface area contributed by atoms with Crippen LogP contribution in [0.2, 0.25) is 0 Å². The first-order chi connectivity index (χ1) is 7.06. The lowest BCUT2D eigenvalue weighted by Gasteiger charge is -2.34. The maximum atomic E-state index is 9.02.